The van der Waals surface area contributed by atoms with E-state index < -0.39 is 22.7 Å². The summed E-state index contributed by atoms with van der Waals surface area (Å²) < 4.78 is 5.40. The number of rotatable bonds is 13. The van der Waals surface area contributed by atoms with Crippen LogP contribution >= 0.6 is 0 Å². The highest BCUT2D eigenvalue weighted by Crippen LogP contribution is 2.42. The number of piperidine rings is 1. The number of allylic oxidation sites excluding steroid dienone is 1. The maximum Gasteiger partial charge on any atom is 0.334 e. The first-order valence-electron chi connectivity index (χ1n) is 16.1. The molecule has 1 atom stereocenters. The van der Waals surface area contributed by atoms with E-state index in [1.807, 2.05) is 6.92 Å². The fourth-order valence-corrected chi connectivity index (χ4v) is 7.01. The lowest BCUT2D eigenvalue weighted by molar-refractivity contribution is -0.384. The zero-order chi connectivity index (χ0) is 33.4. The molecule has 0 saturated carbocycles. The third kappa shape index (κ3) is 7.29. The predicted octanol–water partition coefficient (Wildman–Crippen LogP) is 5.52. The van der Waals surface area contributed by atoms with Crippen LogP contribution in [0, 0.1) is 10.1 Å². The summed E-state index contributed by atoms with van der Waals surface area (Å²) in [6, 6.07) is 27.1. The lowest BCUT2D eigenvalue weighted by Gasteiger charge is -2.43. The Kier molecular flexibility index (Phi) is 10.8. The van der Waals surface area contributed by atoms with E-state index in [4.69, 9.17) is 4.74 Å². The third-order valence-corrected chi connectivity index (χ3v) is 9.38. The number of likely N-dealkylation sites (tertiary alicyclic amines) is 1. The summed E-state index contributed by atoms with van der Waals surface area (Å²) in [6.45, 7) is 4.98. The zero-order valence-corrected chi connectivity index (χ0v) is 26.9. The number of amides is 1. The van der Waals surface area contributed by atoms with E-state index in [0.29, 0.717) is 29.9 Å². The molecular formula is C37H42N4O6. The van der Waals surface area contributed by atoms with E-state index >= 15 is 0 Å². The standard InChI is InChI=1S/C37H42N4O6/c1-3-30-34(36(43)44)32(26-15-17-29(18-16-26)41(45)46)33(31(39-30)25-47-2)35(42)38-21-10-22-40-23-19-37(20-24-40,27-11-6-4-7-12-27)28-13-8-5-9-14-28/h4-9,11-18,32,39H,3,10,19-25H2,1-2H3,(H,38,42)(H,43,44). The van der Waals surface area contributed by atoms with E-state index in [-0.39, 0.29) is 28.9 Å². The summed E-state index contributed by atoms with van der Waals surface area (Å²) in [6.07, 6.45) is 3.10. The molecule has 2 aliphatic rings. The van der Waals surface area contributed by atoms with Gasteiger partial charge in [0.05, 0.1) is 34.3 Å². The molecule has 0 aromatic heterocycles. The highest BCUT2D eigenvalue weighted by Gasteiger charge is 2.39. The van der Waals surface area contributed by atoms with Crippen molar-refractivity contribution in [3.05, 3.63) is 134 Å². The number of nitro groups is 1. The smallest absolute Gasteiger partial charge is 0.334 e. The van der Waals surface area contributed by atoms with Gasteiger partial charge in [-0.05, 0) is 62.0 Å². The number of carboxylic acid groups (broad SMARTS) is 1. The average Bonchev–Trinajstić information content (AvgIpc) is 3.10. The Labute approximate surface area is 275 Å². The Hall–Kier alpha value is -4.80. The summed E-state index contributed by atoms with van der Waals surface area (Å²) >= 11 is 0. The first-order valence-corrected chi connectivity index (χ1v) is 16.1. The van der Waals surface area contributed by atoms with Crippen molar-refractivity contribution in [2.45, 2.75) is 43.9 Å². The number of carboxylic acids is 1. The Bertz CT molecular complexity index is 1590. The van der Waals surface area contributed by atoms with Gasteiger partial charge in [-0.3, -0.25) is 14.9 Å². The van der Waals surface area contributed by atoms with Crippen molar-refractivity contribution in [2.24, 2.45) is 0 Å². The van der Waals surface area contributed by atoms with Gasteiger partial charge in [0.15, 0.2) is 0 Å². The van der Waals surface area contributed by atoms with Gasteiger partial charge in [0.2, 0.25) is 5.91 Å². The second kappa shape index (κ2) is 15.2. The van der Waals surface area contributed by atoms with E-state index in [1.165, 1.54) is 42.5 Å². The van der Waals surface area contributed by atoms with Crippen LogP contribution in [0.5, 0.6) is 0 Å². The molecule has 10 nitrogen and oxygen atoms in total. The van der Waals surface area contributed by atoms with Gasteiger partial charge < -0.3 is 25.4 Å². The van der Waals surface area contributed by atoms with Gasteiger partial charge in [0, 0.05) is 36.9 Å². The lowest BCUT2D eigenvalue weighted by atomic mass is 9.68. The van der Waals surface area contributed by atoms with Crippen LogP contribution in [0.4, 0.5) is 5.69 Å². The second-order valence-corrected chi connectivity index (χ2v) is 12.0. The molecule has 0 spiro atoms. The van der Waals surface area contributed by atoms with Crippen LogP contribution in [0.15, 0.2) is 107 Å². The number of nitrogens with one attached hydrogen (secondary N) is 2. The number of dihydropyridines is 1. The summed E-state index contributed by atoms with van der Waals surface area (Å²) in [4.78, 5) is 39.7. The van der Waals surface area contributed by atoms with Crippen LogP contribution in [0.1, 0.15) is 55.2 Å². The molecule has 3 aromatic rings. The van der Waals surface area contributed by atoms with Crippen LogP contribution in [-0.2, 0) is 19.7 Å². The number of non-ortho nitro benzene ring substituents is 1. The van der Waals surface area contributed by atoms with Crippen molar-refractivity contribution in [2.75, 3.05) is 39.9 Å². The van der Waals surface area contributed by atoms with Crippen molar-refractivity contribution in [3.63, 3.8) is 0 Å². The van der Waals surface area contributed by atoms with Crippen LogP contribution < -0.4 is 10.6 Å². The summed E-state index contributed by atoms with van der Waals surface area (Å²) in [5.74, 6) is -2.49. The van der Waals surface area contributed by atoms with E-state index in [9.17, 15) is 24.8 Å². The van der Waals surface area contributed by atoms with Crippen LogP contribution in [0.25, 0.3) is 0 Å². The molecule has 2 aliphatic heterocycles. The number of nitro benzene ring substituents is 1. The zero-order valence-electron chi connectivity index (χ0n) is 26.9. The minimum Gasteiger partial charge on any atom is -0.478 e. The highest BCUT2D eigenvalue weighted by atomic mass is 16.6. The predicted molar refractivity (Wildman–Crippen MR) is 180 cm³/mol. The number of carbonyl (C=O) groups is 2. The molecule has 3 N–H and O–H groups in total. The van der Waals surface area contributed by atoms with E-state index in [2.05, 4.69) is 76.2 Å². The lowest BCUT2D eigenvalue weighted by Crippen LogP contribution is -2.44. The largest absolute Gasteiger partial charge is 0.478 e. The monoisotopic (exact) mass is 638 g/mol. The minimum absolute atomic E-state index is 0.0367. The molecule has 0 bridgehead atoms. The molecule has 1 unspecified atom stereocenters. The molecule has 3 aromatic carbocycles. The molecule has 10 heteroatoms. The summed E-state index contributed by atoms with van der Waals surface area (Å²) in [5, 5.41) is 27.7. The normalized spacial score (nSPS) is 18.0. The number of ether oxygens (including phenoxy) is 1. The fraction of sp³-hybridized carbons (Fsp3) is 0.351. The third-order valence-electron chi connectivity index (χ3n) is 9.38. The number of aliphatic carboxylic acids is 1. The molecule has 1 amide bonds. The quantitative estimate of drug-likeness (QED) is 0.127. The number of nitrogens with zero attached hydrogens (tertiary/aromatic N) is 2. The Balaban J connectivity index is 1.28. The van der Waals surface area contributed by atoms with Gasteiger partial charge in [-0.25, -0.2) is 4.79 Å². The molecule has 47 heavy (non-hydrogen) atoms. The molecule has 5 rings (SSSR count). The van der Waals surface area contributed by atoms with Crippen LogP contribution in [-0.4, -0.2) is 66.7 Å². The van der Waals surface area contributed by atoms with Gasteiger partial charge in [-0.1, -0.05) is 79.7 Å². The Morgan fingerprint density at radius 2 is 1.55 bits per heavy atom. The number of benzene rings is 3. The van der Waals surface area contributed by atoms with Crippen LogP contribution in [0.3, 0.4) is 0 Å². The average molecular weight is 639 g/mol. The SMILES string of the molecule is CCC1=C(C(=O)O)C(c2ccc([N+](=O)[O-])cc2)C(C(=O)NCCCN2CCC(c3ccccc3)(c3ccccc3)CC2)=C(COC)N1. The van der Waals surface area contributed by atoms with E-state index in [0.717, 1.165) is 38.9 Å². The first-order chi connectivity index (χ1) is 22.8. The van der Waals surface area contributed by atoms with Gasteiger partial charge >= 0.3 is 5.97 Å². The number of hydrogen-bond acceptors (Lipinski definition) is 7. The molecule has 246 valence electrons. The van der Waals surface area contributed by atoms with Gasteiger partial charge in [-0.15, -0.1) is 0 Å². The Morgan fingerprint density at radius 1 is 0.957 bits per heavy atom. The molecular weight excluding hydrogens is 596 g/mol. The second-order valence-electron chi connectivity index (χ2n) is 12.0. The Morgan fingerprint density at radius 3 is 2.06 bits per heavy atom. The van der Waals surface area contributed by atoms with Crippen LogP contribution in [0.2, 0.25) is 0 Å². The maximum absolute atomic E-state index is 13.9. The van der Waals surface area contributed by atoms with E-state index in [1.54, 1.807) is 0 Å². The number of carbonyl (C=O) groups excluding carboxylic acids is 1. The van der Waals surface area contributed by atoms with Crippen molar-refractivity contribution >= 4 is 17.6 Å². The molecule has 0 radical (unpaired) electrons. The first kappa shape index (κ1) is 33.6. The summed E-state index contributed by atoms with van der Waals surface area (Å²) in [5.41, 5.74) is 4.22. The maximum atomic E-state index is 13.9. The van der Waals surface area contributed by atoms with Crippen molar-refractivity contribution in [1.82, 2.24) is 15.5 Å². The molecule has 0 aliphatic carbocycles. The van der Waals surface area contributed by atoms with Gasteiger partial charge in [-0.2, -0.15) is 0 Å². The van der Waals surface area contributed by atoms with Crippen molar-refractivity contribution < 1.29 is 24.4 Å². The summed E-state index contributed by atoms with van der Waals surface area (Å²) in [7, 11) is 1.51. The van der Waals surface area contributed by atoms with Crippen molar-refractivity contribution in [1.29, 1.82) is 0 Å². The fourth-order valence-electron chi connectivity index (χ4n) is 7.01. The molecule has 2 heterocycles. The number of methoxy groups -OCH3 is 1. The molecule has 1 fully saturated rings. The highest BCUT2D eigenvalue weighted by molar-refractivity contribution is 6.01. The van der Waals surface area contributed by atoms with Gasteiger partial charge in [0.25, 0.3) is 5.69 Å². The minimum atomic E-state index is -1.16. The number of hydrogen-bond donors (Lipinski definition) is 3. The van der Waals surface area contributed by atoms with Gasteiger partial charge in [0.1, 0.15) is 0 Å². The topological polar surface area (TPSA) is 134 Å². The van der Waals surface area contributed by atoms with Crippen molar-refractivity contribution in [3.8, 4) is 0 Å². The molecule has 1 saturated heterocycles.